The van der Waals surface area contributed by atoms with Crippen LogP contribution in [0.3, 0.4) is 0 Å². The van der Waals surface area contributed by atoms with E-state index in [1.165, 1.54) is 0 Å². The van der Waals surface area contributed by atoms with Crippen LogP contribution in [0.25, 0.3) is 10.8 Å². The summed E-state index contributed by atoms with van der Waals surface area (Å²) < 4.78 is 0. The number of hydrogen-bond acceptors (Lipinski definition) is 4. The number of benzene rings is 3. The van der Waals surface area contributed by atoms with Crippen LogP contribution in [0, 0.1) is 0 Å². The standard InChI is InChI=1S/C27H22N4O3/c28-24(32)15-22(19-11-13-29-14-12-19)18-5-8-20(9-6-18)31-23-10-7-17-3-1-2-4-21(17)27(23)30-25(33)16-26(31)34/h1-14,22H,15-16H2,(H2,28,32)(H,30,33). The van der Waals surface area contributed by atoms with Crippen LogP contribution in [-0.4, -0.2) is 22.7 Å². The molecule has 0 saturated heterocycles. The monoisotopic (exact) mass is 450 g/mol. The molecular formula is C27H22N4O3. The molecular weight excluding hydrogens is 428 g/mol. The summed E-state index contributed by atoms with van der Waals surface area (Å²) in [4.78, 5) is 42.9. The van der Waals surface area contributed by atoms with Gasteiger partial charge in [0.25, 0.3) is 0 Å². The molecule has 0 bridgehead atoms. The van der Waals surface area contributed by atoms with Gasteiger partial charge in [-0.3, -0.25) is 24.3 Å². The fourth-order valence-corrected chi connectivity index (χ4v) is 4.48. The summed E-state index contributed by atoms with van der Waals surface area (Å²) in [5.74, 6) is -1.30. The topological polar surface area (TPSA) is 105 Å². The van der Waals surface area contributed by atoms with Crippen molar-refractivity contribution in [1.82, 2.24) is 4.98 Å². The Kier molecular flexibility index (Phi) is 5.51. The van der Waals surface area contributed by atoms with E-state index in [9.17, 15) is 14.4 Å². The maximum atomic E-state index is 13.1. The molecule has 1 aliphatic heterocycles. The maximum absolute atomic E-state index is 13.1. The summed E-state index contributed by atoms with van der Waals surface area (Å²) in [7, 11) is 0. The van der Waals surface area contributed by atoms with E-state index < -0.39 is 5.91 Å². The van der Waals surface area contributed by atoms with E-state index in [2.05, 4.69) is 10.3 Å². The quantitative estimate of drug-likeness (QED) is 0.444. The van der Waals surface area contributed by atoms with Gasteiger partial charge in [-0.05, 0) is 46.8 Å². The first-order chi connectivity index (χ1) is 16.5. The number of carbonyl (C=O) groups is 3. The van der Waals surface area contributed by atoms with Gasteiger partial charge in [-0.2, -0.15) is 0 Å². The van der Waals surface area contributed by atoms with Gasteiger partial charge in [-0.25, -0.2) is 0 Å². The predicted molar refractivity (Wildman–Crippen MR) is 131 cm³/mol. The van der Waals surface area contributed by atoms with Crippen LogP contribution in [0.15, 0.2) is 85.2 Å². The number of fused-ring (bicyclic) bond motifs is 3. The number of anilines is 3. The van der Waals surface area contributed by atoms with Gasteiger partial charge in [0.2, 0.25) is 17.7 Å². The van der Waals surface area contributed by atoms with Gasteiger partial charge in [0.1, 0.15) is 6.42 Å². The first-order valence-corrected chi connectivity index (χ1v) is 10.9. The molecule has 1 aromatic heterocycles. The normalized spacial score (nSPS) is 14.3. The maximum Gasteiger partial charge on any atom is 0.241 e. The Bertz CT molecular complexity index is 1400. The summed E-state index contributed by atoms with van der Waals surface area (Å²) >= 11 is 0. The van der Waals surface area contributed by atoms with Crippen molar-refractivity contribution in [2.75, 3.05) is 10.2 Å². The average molecular weight is 450 g/mol. The highest BCUT2D eigenvalue weighted by Crippen LogP contribution is 2.40. The number of carbonyl (C=O) groups excluding carboxylic acids is 3. The first kappa shape index (κ1) is 21.3. The zero-order valence-electron chi connectivity index (χ0n) is 18.3. The Morgan fingerprint density at radius 3 is 2.38 bits per heavy atom. The molecule has 1 atom stereocenters. The van der Waals surface area contributed by atoms with Crippen molar-refractivity contribution in [3.63, 3.8) is 0 Å². The van der Waals surface area contributed by atoms with Crippen molar-refractivity contribution in [3.8, 4) is 0 Å². The highest BCUT2D eigenvalue weighted by atomic mass is 16.2. The molecule has 1 unspecified atom stereocenters. The molecule has 34 heavy (non-hydrogen) atoms. The Morgan fingerprint density at radius 1 is 0.941 bits per heavy atom. The van der Waals surface area contributed by atoms with Crippen LogP contribution in [0.4, 0.5) is 17.1 Å². The average Bonchev–Trinajstić information content (AvgIpc) is 2.97. The largest absolute Gasteiger partial charge is 0.370 e. The molecule has 3 N–H and O–H groups in total. The highest BCUT2D eigenvalue weighted by Gasteiger charge is 2.29. The SMILES string of the molecule is NC(=O)CC(c1ccncc1)c1ccc(N2C(=O)CC(=O)Nc3c2ccc2ccccc32)cc1. The van der Waals surface area contributed by atoms with Gasteiger partial charge in [0.15, 0.2) is 0 Å². The molecule has 1 aliphatic rings. The Labute approximate surface area is 196 Å². The third-order valence-electron chi connectivity index (χ3n) is 6.04. The smallest absolute Gasteiger partial charge is 0.241 e. The molecule has 3 amide bonds. The van der Waals surface area contributed by atoms with Crippen molar-refractivity contribution < 1.29 is 14.4 Å². The minimum absolute atomic E-state index is 0.152. The number of aromatic nitrogens is 1. The lowest BCUT2D eigenvalue weighted by Gasteiger charge is -2.24. The van der Waals surface area contributed by atoms with E-state index >= 15 is 0 Å². The lowest BCUT2D eigenvalue weighted by molar-refractivity contribution is -0.124. The Hall–Kier alpha value is -4.52. The van der Waals surface area contributed by atoms with Crippen molar-refractivity contribution in [2.45, 2.75) is 18.8 Å². The summed E-state index contributed by atoms with van der Waals surface area (Å²) in [6.07, 6.45) is 3.25. The number of hydrogen-bond donors (Lipinski definition) is 2. The molecule has 4 aromatic rings. The van der Waals surface area contributed by atoms with Crippen molar-refractivity contribution in [1.29, 1.82) is 0 Å². The predicted octanol–water partition coefficient (Wildman–Crippen LogP) is 4.25. The number of rotatable bonds is 5. The van der Waals surface area contributed by atoms with Crippen LogP contribution < -0.4 is 16.0 Å². The number of nitrogens with one attached hydrogen (secondary N) is 1. The van der Waals surface area contributed by atoms with Crippen molar-refractivity contribution >= 4 is 45.6 Å². The zero-order chi connectivity index (χ0) is 23.7. The van der Waals surface area contributed by atoms with Crippen LogP contribution in [-0.2, 0) is 14.4 Å². The molecule has 0 spiro atoms. The molecule has 2 heterocycles. The van der Waals surface area contributed by atoms with Crippen LogP contribution >= 0.6 is 0 Å². The van der Waals surface area contributed by atoms with Gasteiger partial charge in [0.05, 0.1) is 11.4 Å². The Morgan fingerprint density at radius 2 is 1.65 bits per heavy atom. The molecule has 0 fully saturated rings. The molecule has 0 radical (unpaired) electrons. The molecule has 7 heteroatoms. The molecule has 7 nitrogen and oxygen atoms in total. The number of primary amides is 1. The summed E-state index contributed by atoms with van der Waals surface area (Å²) in [5, 5.41) is 4.74. The van der Waals surface area contributed by atoms with Gasteiger partial charge in [-0.15, -0.1) is 0 Å². The van der Waals surface area contributed by atoms with E-state index in [0.717, 1.165) is 21.9 Å². The second kappa shape index (κ2) is 8.78. The number of amides is 3. The minimum atomic E-state index is -0.404. The third-order valence-corrected chi connectivity index (χ3v) is 6.04. The van der Waals surface area contributed by atoms with Gasteiger partial charge in [0, 0.05) is 35.8 Å². The number of pyridine rings is 1. The van der Waals surface area contributed by atoms with Gasteiger partial charge in [-0.1, -0.05) is 42.5 Å². The number of nitrogens with zero attached hydrogens (tertiary/aromatic N) is 2. The summed E-state index contributed by atoms with van der Waals surface area (Å²) in [5.41, 5.74) is 9.20. The second-order valence-corrected chi connectivity index (χ2v) is 8.23. The molecule has 5 rings (SSSR count). The zero-order valence-corrected chi connectivity index (χ0v) is 18.3. The van der Waals surface area contributed by atoms with E-state index in [1.54, 1.807) is 17.3 Å². The van der Waals surface area contributed by atoms with E-state index in [1.807, 2.05) is 72.8 Å². The summed E-state index contributed by atoms with van der Waals surface area (Å²) in [6.45, 7) is 0. The molecule has 3 aromatic carbocycles. The molecule has 0 saturated carbocycles. The Balaban J connectivity index is 1.57. The van der Waals surface area contributed by atoms with Crippen LogP contribution in [0.2, 0.25) is 0 Å². The summed E-state index contributed by atoms with van der Waals surface area (Å²) in [6, 6.07) is 22.7. The van der Waals surface area contributed by atoms with E-state index in [4.69, 9.17) is 5.73 Å². The van der Waals surface area contributed by atoms with Crippen LogP contribution in [0.5, 0.6) is 0 Å². The van der Waals surface area contributed by atoms with Gasteiger partial charge >= 0.3 is 0 Å². The van der Waals surface area contributed by atoms with Crippen molar-refractivity contribution in [3.05, 3.63) is 96.3 Å². The molecule has 0 aliphatic carbocycles. The third kappa shape index (κ3) is 3.99. The first-order valence-electron chi connectivity index (χ1n) is 10.9. The van der Waals surface area contributed by atoms with Gasteiger partial charge < -0.3 is 11.1 Å². The highest BCUT2D eigenvalue weighted by molar-refractivity contribution is 6.21. The number of nitrogens with two attached hydrogens (primary N) is 1. The van der Waals surface area contributed by atoms with Crippen LogP contribution in [0.1, 0.15) is 29.9 Å². The minimum Gasteiger partial charge on any atom is -0.370 e. The fourth-order valence-electron chi connectivity index (χ4n) is 4.48. The van der Waals surface area contributed by atoms with E-state index in [0.29, 0.717) is 17.1 Å². The fraction of sp³-hybridized carbons (Fsp3) is 0.111. The lowest BCUT2D eigenvalue weighted by Crippen LogP contribution is -2.26. The van der Waals surface area contributed by atoms with E-state index in [-0.39, 0.29) is 30.6 Å². The second-order valence-electron chi connectivity index (χ2n) is 8.23. The van der Waals surface area contributed by atoms with Crippen molar-refractivity contribution in [2.24, 2.45) is 5.73 Å². The molecule has 168 valence electrons. The lowest BCUT2D eigenvalue weighted by atomic mass is 9.88.